The van der Waals surface area contributed by atoms with E-state index in [1.807, 2.05) is 30.3 Å². The largest absolute Gasteiger partial charge is 0.493 e. The molecule has 0 aromatic heterocycles. The second-order valence-corrected chi connectivity index (χ2v) is 6.27. The number of benzene rings is 2. The fourth-order valence-corrected chi connectivity index (χ4v) is 4.00. The lowest BCUT2D eigenvalue weighted by atomic mass is 9.81. The molecule has 0 unspecified atom stereocenters. The Kier molecular flexibility index (Phi) is 2.80. The van der Waals surface area contributed by atoms with Gasteiger partial charge in [0, 0.05) is 11.0 Å². The molecule has 112 valence electrons. The predicted molar refractivity (Wildman–Crippen MR) is 83.9 cm³/mol. The summed E-state index contributed by atoms with van der Waals surface area (Å²) in [5, 5.41) is 0. The topological polar surface area (TPSA) is 35.5 Å². The molecular formula is C19H18O3. The Morgan fingerprint density at radius 1 is 0.864 bits per heavy atom. The maximum Gasteiger partial charge on any atom is 0.170 e. The number of rotatable bonds is 2. The van der Waals surface area contributed by atoms with E-state index in [1.54, 1.807) is 14.2 Å². The summed E-state index contributed by atoms with van der Waals surface area (Å²) in [7, 11) is 3.29. The number of carbonyl (C=O) groups is 1. The highest BCUT2D eigenvalue weighted by atomic mass is 16.5. The molecule has 2 aromatic rings. The number of hydrogen-bond acceptors (Lipinski definition) is 3. The monoisotopic (exact) mass is 294 g/mol. The van der Waals surface area contributed by atoms with Crippen molar-refractivity contribution in [3.63, 3.8) is 0 Å². The van der Waals surface area contributed by atoms with E-state index in [0.29, 0.717) is 0 Å². The fourth-order valence-electron chi connectivity index (χ4n) is 4.00. The van der Waals surface area contributed by atoms with Gasteiger partial charge in [0.05, 0.1) is 14.2 Å². The summed E-state index contributed by atoms with van der Waals surface area (Å²) in [6, 6.07) is 12.0. The van der Waals surface area contributed by atoms with E-state index in [1.165, 1.54) is 16.7 Å². The highest BCUT2D eigenvalue weighted by Gasteiger charge is 2.49. The van der Waals surface area contributed by atoms with Gasteiger partial charge in [0.25, 0.3) is 0 Å². The zero-order chi connectivity index (χ0) is 15.3. The second kappa shape index (κ2) is 4.60. The van der Waals surface area contributed by atoms with E-state index in [4.69, 9.17) is 9.47 Å². The van der Waals surface area contributed by atoms with Crippen molar-refractivity contribution < 1.29 is 14.3 Å². The maximum absolute atomic E-state index is 12.9. The molecule has 0 radical (unpaired) electrons. The van der Waals surface area contributed by atoms with Crippen molar-refractivity contribution in [2.75, 3.05) is 14.2 Å². The molecule has 2 aromatic carbocycles. The summed E-state index contributed by atoms with van der Waals surface area (Å²) < 4.78 is 10.8. The third kappa shape index (κ3) is 1.71. The molecule has 0 bridgehead atoms. The van der Waals surface area contributed by atoms with Gasteiger partial charge in [0.15, 0.2) is 17.3 Å². The molecule has 0 aliphatic heterocycles. The number of carbonyl (C=O) groups excluding carboxylic acids is 1. The van der Waals surface area contributed by atoms with Crippen LogP contribution in [0, 0.1) is 5.41 Å². The van der Waals surface area contributed by atoms with E-state index >= 15 is 0 Å². The smallest absolute Gasteiger partial charge is 0.170 e. The molecule has 0 N–H and O–H groups in total. The summed E-state index contributed by atoms with van der Waals surface area (Å²) in [5.41, 5.74) is 4.19. The normalized spacial score (nSPS) is 17.5. The van der Waals surface area contributed by atoms with Crippen LogP contribution in [0.15, 0.2) is 36.4 Å². The van der Waals surface area contributed by atoms with Crippen molar-refractivity contribution in [2.24, 2.45) is 5.41 Å². The average molecular weight is 294 g/mol. The van der Waals surface area contributed by atoms with Crippen molar-refractivity contribution >= 4 is 5.78 Å². The standard InChI is InChI=1S/C19H18O3/c1-21-16-7-13-10-19(11-14(13)8-17(16)22-2)9-12-5-3-4-6-15(12)18(19)20/h3-8H,9-11H2,1-2H3. The summed E-state index contributed by atoms with van der Waals surface area (Å²) in [5.74, 6) is 1.76. The molecule has 2 aliphatic rings. The van der Waals surface area contributed by atoms with E-state index in [2.05, 4.69) is 6.07 Å². The third-order valence-corrected chi connectivity index (χ3v) is 5.04. The van der Waals surface area contributed by atoms with Crippen LogP contribution in [0.2, 0.25) is 0 Å². The SMILES string of the molecule is COc1cc2c(cc1OC)CC1(C2)Cc2ccccc2C1=O. The quantitative estimate of drug-likeness (QED) is 0.853. The molecular weight excluding hydrogens is 276 g/mol. The molecule has 3 nitrogen and oxygen atoms in total. The van der Waals surface area contributed by atoms with Crippen LogP contribution in [-0.4, -0.2) is 20.0 Å². The van der Waals surface area contributed by atoms with Gasteiger partial charge >= 0.3 is 0 Å². The van der Waals surface area contributed by atoms with Gasteiger partial charge in [0.2, 0.25) is 0 Å². The first-order chi connectivity index (χ1) is 10.7. The molecule has 0 fully saturated rings. The average Bonchev–Trinajstić information content (AvgIpc) is 3.03. The van der Waals surface area contributed by atoms with Crippen LogP contribution in [0.25, 0.3) is 0 Å². The first-order valence-electron chi connectivity index (χ1n) is 7.53. The molecule has 3 heteroatoms. The summed E-state index contributed by atoms with van der Waals surface area (Å²) in [4.78, 5) is 12.9. The Bertz CT molecular complexity index is 743. The van der Waals surface area contributed by atoms with Crippen molar-refractivity contribution in [1.82, 2.24) is 0 Å². The van der Waals surface area contributed by atoms with Crippen molar-refractivity contribution in [3.05, 3.63) is 58.7 Å². The third-order valence-electron chi connectivity index (χ3n) is 5.04. The lowest BCUT2D eigenvalue weighted by Crippen LogP contribution is -2.28. The molecule has 0 atom stereocenters. The molecule has 0 saturated carbocycles. The Morgan fingerprint density at radius 3 is 1.95 bits per heavy atom. The van der Waals surface area contributed by atoms with Crippen LogP contribution in [-0.2, 0) is 19.3 Å². The van der Waals surface area contributed by atoms with E-state index < -0.39 is 0 Å². The molecule has 2 aliphatic carbocycles. The van der Waals surface area contributed by atoms with Gasteiger partial charge in [0.1, 0.15) is 0 Å². The Balaban J connectivity index is 1.75. The minimum atomic E-state index is -0.302. The minimum Gasteiger partial charge on any atom is -0.493 e. The summed E-state index contributed by atoms with van der Waals surface area (Å²) >= 11 is 0. The van der Waals surface area contributed by atoms with Crippen molar-refractivity contribution in [1.29, 1.82) is 0 Å². The molecule has 0 amide bonds. The lowest BCUT2D eigenvalue weighted by molar-refractivity contribution is 0.0831. The van der Waals surface area contributed by atoms with Gasteiger partial charge in [-0.3, -0.25) is 4.79 Å². The fraction of sp³-hybridized carbons (Fsp3) is 0.316. The van der Waals surface area contributed by atoms with Crippen molar-refractivity contribution in [3.8, 4) is 11.5 Å². The van der Waals surface area contributed by atoms with Crippen molar-refractivity contribution in [2.45, 2.75) is 19.3 Å². The van der Waals surface area contributed by atoms with E-state index in [-0.39, 0.29) is 11.2 Å². The van der Waals surface area contributed by atoms with Crippen LogP contribution in [0.4, 0.5) is 0 Å². The number of methoxy groups -OCH3 is 2. The molecule has 1 spiro atoms. The highest BCUT2D eigenvalue weighted by molar-refractivity contribution is 6.05. The predicted octanol–water partition coefficient (Wildman–Crippen LogP) is 3.23. The zero-order valence-electron chi connectivity index (χ0n) is 12.8. The number of Topliss-reactive ketones (excluding diaryl/α,β-unsaturated/α-hetero) is 1. The van der Waals surface area contributed by atoms with Crippen LogP contribution in [0.5, 0.6) is 11.5 Å². The second-order valence-electron chi connectivity index (χ2n) is 6.27. The summed E-state index contributed by atoms with van der Waals surface area (Å²) in [6.45, 7) is 0. The van der Waals surface area contributed by atoms with Crippen LogP contribution < -0.4 is 9.47 Å². The van der Waals surface area contributed by atoms with Crippen LogP contribution in [0.1, 0.15) is 27.0 Å². The summed E-state index contributed by atoms with van der Waals surface area (Å²) in [6.07, 6.45) is 2.41. The first kappa shape index (κ1) is 13.4. The van der Waals surface area contributed by atoms with E-state index in [0.717, 1.165) is 36.3 Å². The number of hydrogen-bond donors (Lipinski definition) is 0. The molecule has 0 heterocycles. The van der Waals surface area contributed by atoms with Crippen LogP contribution in [0.3, 0.4) is 0 Å². The lowest BCUT2D eigenvalue weighted by Gasteiger charge is -2.20. The molecule has 0 saturated heterocycles. The van der Waals surface area contributed by atoms with Gasteiger partial charge in [-0.2, -0.15) is 0 Å². The number of fused-ring (bicyclic) bond motifs is 2. The Hall–Kier alpha value is -2.29. The minimum absolute atomic E-state index is 0.289. The van der Waals surface area contributed by atoms with Gasteiger partial charge < -0.3 is 9.47 Å². The van der Waals surface area contributed by atoms with Gasteiger partial charge in [-0.25, -0.2) is 0 Å². The Labute approximate surface area is 129 Å². The van der Waals surface area contributed by atoms with Gasteiger partial charge in [-0.1, -0.05) is 24.3 Å². The van der Waals surface area contributed by atoms with E-state index in [9.17, 15) is 4.79 Å². The number of ether oxygens (including phenoxy) is 2. The zero-order valence-corrected chi connectivity index (χ0v) is 12.8. The number of ketones is 1. The Morgan fingerprint density at radius 2 is 1.41 bits per heavy atom. The first-order valence-corrected chi connectivity index (χ1v) is 7.53. The van der Waals surface area contributed by atoms with Crippen LogP contribution >= 0.6 is 0 Å². The maximum atomic E-state index is 12.9. The van der Waals surface area contributed by atoms with Gasteiger partial charge in [-0.05, 0) is 48.1 Å². The molecule has 4 rings (SSSR count). The molecule has 22 heavy (non-hydrogen) atoms. The van der Waals surface area contributed by atoms with Gasteiger partial charge in [-0.15, -0.1) is 0 Å². The highest BCUT2D eigenvalue weighted by Crippen LogP contribution is 2.49.